The molecule has 12 heavy (non-hydrogen) atoms. The van der Waals surface area contributed by atoms with Crippen LogP contribution in [-0.2, 0) is 0 Å². The molecule has 0 unspecified atom stereocenters. The van der Waals surface area contributed by atoms with E-state index < -0.39 is 0 Å². The second-order valence-corrected chi connectivity index (χ2v) is 3.78. The molecule has 1 aliphatic carbocycles. The van der Waals surface area contributed by atoms with Gasteiger partial charge in [0.25, 0.3) is 0 Å². The van der Waals surface area contributed by atoms with Crippen LogP contribution in [0.3, 0.4) is 0 Å². The summed E-state index contributed by atoms with van der Waals surface area (Å²) in [6.07, 6.45) is 5.65. The van der Waals surface area contributed by atoms with Gasteiger partial charge in [-0.1, -0.05) is 13.8 Å². The van der Waals surface area contributed by atoms with Crippen molar-refractivity contribution in [3.8, 4) is 0 Å². The highest BCUT2D eigenvalue weighted by Crippen LogP contribution is 2.42. The highest BCUT2D eigenvalue weighted by atomic mass is 14.7. The maximum atomic E-state index is 6.03. The van der Waals surface area contributed by atoms with E-state index in [-0.39, 0.29) is 5.41 Å². The Hall–Kier alpha value is -0.660. The van der Waals surface area contributed by atoms with Crippen molar-refractivity contribution in [3.63, 3.8) is 0 Å². The minimum Gasteiger partial charge on any atom is -0.401 e. The molecule has 2 heteroatoms. The monoisotopic (exact) mass is 168 g/mol. The first-order valence-electron chi connectivity index (χ1n) is 4.91. The Balaban J connectivity index is 2.95. The first-order valence-corrected chi connectivity index (χ1v) is 4.91. The molecular weight excluding hydrogens is 148 g/mol. The molecule has 0 heterocycles. The molecule has 1 aliphatic rings. The zero-order valence-corrected chi connectivity index (χ0v) is 8.19. The molecule has 0 fully saturated rings. The summed E-state index contributed by atoms with van der Waals surface area (Å²) in [5.74, 6) is 0. The van der Waals surface area contributed by atoms with Crippen LogP contribution in [-0.4, -0.2) is 0 Å². The lowest BCUT2D eigenvalue weighted by Crippen LogP contribution is -2.33. The Morgan fingerprint density at radius 3 is 2.25 bits per heavy atom. The van der Waals surface area contributed by atoms with Gasteiger partial charge in [0.05, 0.1) is 0 Å². The molecule has 0 radical (unpaired) electrons. The third-order valence-electron chi connectivity index (χ3n) is 3.37. The zero-order valence-electron chi connectivity index (χ0n) is 8.19. The maximum absolute atomic E-state index is 6.03. The molecule has 0 saturated carbocycles. The van der Waals surface area contributed by atoms with Gasteiger partial charge >= 0.3 is 0 Å². The van der Waals surface area contributed by atoms with Gasteiger partial charge < -0.3 is 11.5 Å². The van der Waals surface area contributed by atoms with E-state index in [4.69, 9.17) is 11.5 Å². The van der Waals surface area contributed by atoms with Gasteiger partial charge in [0.2, 0.25) is 0 Å². The van der Waals surface area contributed by atoms with Crippen molar-refractivity contribution in [3.05, 3.63) is 11.4 Å². The number of hydrogen-bond donors (Lipinski definition) is 2. The fourth-order valence-corrected chi connectivity index (χ4v) is 2.21. The van der Waals surface area contributed by atoms with Crippen LogP contribution >= 0.6 is 0 Å². The molecule has 0 aliphatic heterocycles. The lowest BCUT2D eigenvalue weighted by atomic mass is 9.71. The summed E-state index contributed by atoms with van der Waals surface area (Å²) < 4.78 is 0. The van der Waals surface area contributed by atoms with Crippen molar-refractivity contribution < 1.29 is 0 Å². The Morgan fingerprint density at radius 1 is 1.25 bits per heavy atom. The normalized spacial score (nSPS) is 22.8. The van der Waals surface area contributed by atoms with E-state index in [1.54, 1.807) is 0 Å². The third kappa shape index (κ3) is 1.30. The van der Waals surface area contributed by atoms with E-state index in [2.05, 4.69) is 13.8 Å². The molecule has 0 aromatic rings. The van der Waals surface area contributed by atoms with Crippen molar-refractivity contribution in [2.24, 2.45) is 16.9 Å². The molecule has 1 rings (SSSR count). The van der Waals surface area contributed by atoms with E-state index in [0.29, 0.717) is 0 Å². The summed E-state index contributed by atoms with van der Waals surface area (Å²) in [5.41, 5.74) is 14.0. The summed E-state index contributed by atoms with van der Waals surface area (Å²) in [6.45, 7) is 4.41. The van der Waals surface area contributed by atoms with E-state index in [9.17, 15) is 0 Å². The fraction of sp³-hybridized carbons (Fsp3) is 0.800. The minimum absolute atomic E-state index is 0.225. The quantitative estimate of drug-likeness (QED) is 0.663. The van der Waals surface area contributed by atoms with E-state index in [1.165, 1.54) is 12.8 Å². The standard InChI is InChI=1S/C10H20N2/c1-3-10(4-2)7-5-6-8(11)9(10)12/h3-7,11-12H2,1-2H3. The van der Waals surface area contributed by atoms with Gasteiger partial charge in [-0.2, -0.15) is 0 Å². The Kier molecular flexibility index (Phi) is 2.65. The van der Waals surface area contributed by atoms with Crippen LogP contribution in [0.1, 0.15) is 46.0 Å². The molecule has 0 aromatic carbocycles. The number of rotatable bonds is 2. The fourth-order valence-electron chi connectivity index (χ4n) is 2.21. The van der Waals surface area contributed by atoms with Crippen molar-refractivity contribution in [1.82, 2.24) is 0 Å². The summed E-state index contributed by atoms with van der Waals surface area (Å²) in [6, 6.07) is 0. The van der Waals surface area contributed by atoms with Gasteiger partial charge in [0.15, 0.2) is 0 Å². The molecular formula is C10H20N2. The maximum Gasteiger partial charge on any atom is 0.0334 e. The van der Waals surface area contributed by atoms with Gasteiger partial charge in [-0.3, -0.25) is 0 Å². The molecule has 2 nitrogen and oxygen atoms in total. The Labute approximate surface area is 75.0 Å². The second-order valence-electron chi connectivity index (χ2n) is 3.78. The summed E-state index contributed by atoms with van der Waals surface area (Å²) in [5, 5.41) is 0. The van der Waals surface area contributed by atoms with Crippen LogP contribution in [0.2, 0.25) is 0 Å². The van der Waals surface area contributed by atoms with Crippen molar-refractivity contribution in [2.75, 3.05) is 0 Å². The summed E-state index contributed by atoms with van der Waals surface area (Å²) in [4.78, 5) is 0. The molecule has 0 atom stereocenters. The lowest BCUT2D eigenvalue weighted by Gasteiger charge is -2.36. The van der Waals surface area contributed by atoms with Crippen LogP contribution < -0.4 is 11.5 Å². The first-order chi connectivity index (χ1) is 5.66. The average molecular weight is 168 g/mol. The van der Waals surface area contributed by atoms with Gasteiger partial charge in [-0.05, 0) is 32.1 Å². The molecule has 0 bridgehead atoms. The first kappa shape index (κ1) is 9.43. The molecule has 0 saturated heterocycles. The van der Waals surface area contributed by atoms with E-state index in [0.717, 1.165) is 30.7 Å². The predicted octanol–water partition coefficient (Wildman–Crippen LogP) is 2.11. The van der Waals surface area contributed by atoms with Crippen molar-refractivity contribution >= 4 is 0 Å². The van der Waals surface area contributed by atoms with Crippen LogP contribution in [0.4, 0.5) is 0 Å². The zero-order chi connectivity index (χ0) is 9.19. The number of nitrogens with two attached hydrogens (primary N) is 2. The molecule has 0 aromatic heterocycles. The predicted molar refractivity (Wildman–Crippen MR) is 52.3 cm³/mol. The number of hydrogen-bond acceptors (Lipinski definition) is 2. The molecule has 70 valence electrons. The van der Waals surface area contributed by atoms with Gasteiger partial charge in [0, 0.05) is 16.8 Å². The Bertz CT molecular complexity index is 190. The molecule has 0 spiro atoms. The van der Waals surface area contributed by atoms with Crippen LogP contribution in [0.5, 0.6) is 0 Å². The second kappa shape index (κ2) is 3.38. The smallest absolute Gasteiger partial charge is 0.0334 e. The highest BCUT2D eigenvalue weighted by molar-refractivity contribution is 5.19. The minimum atomic E-state index is 0.225. The molecule has 4 N–H and O–H groups in total. The van der Waals surface area contributed by atoms with E-state index >= 15 is 0 Å². The topological polar surface area (TPSA) is 52.0 Å². The highest BCUT2D eigenvalue weighted by Gasteiger charge is 2.32. The largest absolute Gasteiger partial charge is 0.401 e. The number of allylic oxidation sites excluding steroid dienone is 2. The summed E-state index contributed by atoms with van der Waals surface area (Å²) in [7, 11) is 0. The Morgan fingerprint density at radius 2 is 1.83 bits per heavy atom. The van der Waals surface area contributed by atoms with Crippen LogP contribution in [0.25, 0.3) is 0 Å². The lowest BCUT2D eigenvalue weighted by molar-refractivity contribution is 0.270. The summed E-state index contributed by atoms with van der Waals surface area (Å²) >= 11 is 0. The van der Waals surface area contributed by atoms with Crippen LogP contribution in [0, 0.1) is 5.41 Å². The van der Waals surface area contributed by atoms with Gasteiger partial charge in [-0.25, -0.2) is 0 Å². The van der Waals surface area contributed by atoms with Gasteiger partial charge in [-0.15, -0.1) is 0 Å². The van der Waals surface area contributed by atoms with Crippen molar-refractivity contribution in [2.45, 2.75) is 46.0 Å². The molecule has 0 amide bonds. The third-order valence-corrected chi connectivity index (χ3v) is 3.37. The van der Waals surface area contributed by atoms with E-state index in [1.807, 2.05) is 0 Å². The SMILES string of the molecule is CCC1(CC)CCCC(N)=C1N. The average Bonchev–Trinajstić information content (AvgIpc) is 2.11. The van der Waals surface area contributed by atoms with Crippen molar-refractivity contribution in [1.29, 1.82) is 0 Å². The van der Waals surface area contributed by atoms with Crippen LogP contribution in [0.15, 0.2) is 11.4 Å². The van der Waals surface area contributed by atoms with Gasteiger partial charge in [0.1, 0.15) is 0 Å².